The van der Waals surface area contributed by atoms with Crippen LogP contribution in [0.15, 0.2) is 58.6 Å². The number of hydrogen-bond donors (Lipinski definition) is 3. The quantitative estimate of drug-likeness (QED) is 0.314. The number of carbonyl (C=O) groups excluding carboxylic acids is 2. The van der Waals surface area contributed by atoms with Gasteiger partial charge in [-0.15, -0.1) is 4.83 Å². The molecule has 10 heteroatoms. The summed E-state index contributed by atoms with van der Waals surface area (Å²) in [6, 6.07) is 12.9. The van der Waals surface area contributed by atoms with E-state index in [4.69, 9.17) is 0 Å². The number of H-pyrrole nitrogens is 1. The molecule has 8 nitrogen and oxygen atoms in total. The molecule has 1 aromatic heterocycles. The first-order chi connectivity index (χ1) is 12.8. The van der Waals surface area contributed by atoms with Crippen molar-refractivity contribution in [1.82, 2.24) is 20.2 Å². The highest BCUT2D eigenvalue weighted by molar-refractivity contribution is 7.99. The van der Waals surface area contributed by atoms with E-state index < -0.39 is 15.9 Å². The third-order valence-corrected chi connectivity index (χ3v) is 5.74. The lowest BCUT2D eigenvalue weighted by Crippen LogP contribution is -2.42. The number of carbonyl (C=O) groups is 2. The highest BCUT2D eigenvalue weighted by atomic mass is 32.2. The van der Waals surface area contributed by atoms with E-state index in [2.05, 4.69) is 15.4 Å². The van der Waals surface area contributed by atoms with Crippen LogP contribution in [0.5, 0.6) is 0 Å². The Balaban J connectivity index is 1.55. The van der Waals surface area contributed by atoms with Crippen LogP contribution in [0.1, 0.15) is 17.3 Å². The van der Waals surface area contributed by atoms with Gasteiger partial charge in [0.25, 0.3) is 10.0 Å². The fourth-order valence-electron chi connectivity index (χ4n) is 2.22. The van der Waals surface area contributed by atoms with Gasteiger partial charge in [0.15, 0.2) is 10.9 Å². The summed E-state index contributed by atoms with van der Waals surface area (Å²) < 4.78 is 24.3. The number of sulfonamides is 1. The number of fused-ring (bicyclic) bond motifs is 1. The van der Waals surface area contributed by atoms with E-state index in [9.17, 15) is 18.0 Å². The molecule has 3 aromatic rings. The SMILES string of the molecule is CC(=O)c1ccc(S(=O)(=O)NNC(=O)CSc2nc3ccccc3[nH]2)cc1. The number of hydrazine groups is 1. The van der Waals surface area contributed by atoms with Crippen molar-refractivity contribution < 1.29 is 18.0 Å². The van der Waals surface area contributed by atoms with Gasteiger partial charge in [-0.25, -0.2) is 13.4 Å². The van der Waals surface area contributed by atoms with E-state index >= 15 is 0 Å². The third kappa shape index (κ3) is 4.73. The Bertz CT molecular complexity index is 1060. The smallest absolute Gasteiger partial charge is 0.257 e. The van der Waals surface area contributed by atoms with Gasteiger partial charge in [-0.3, -0.25) is 15.0 Å². The number of benzene rings is 2. The van der Waals surface area contributed by atoms with Crippen LogP contribution in [0.25, 0.3) is 11.0 Å². The number of amides is 1. The number of nitrogens with one attached hydrogen (secondary N) is 3. The zero-order valence-electron chi connectivity index (χ0n) is 14.2. The first kappa shape index (κ1) is 19.1. The van der Waals surface area contributed by atoms with Gasteiger partial charge < -0.3 is 4.98 Å². The van der Waals surface area contributed by atoms with Gasteiger partial charge in [0, 0.05) is 5.56 Å². The standard InChI is InChI=1S/C17H16N4O4S2/c1-11(22)12-6-8-13(9-7-12)27(24,25)21-20-16(23)10-26-17-18-14-4-2-3-5-15(14)19-17/h2-9,21H,10H2,1H3,(H,18,19)(H,20,23). The minimum Gasteiger partial charge on any atom is -0.333 e. The summed E-state index contributed by atoms with van der Waals surface area (Å²) in [4.78, 5) is 32.5. The highest BCUT2D eigenvalue weighted by Gasteiger charge is 2.16. The highest BCUT2D eigenvalue weighted by Crippen LogP contribution is 2.18. The third-order valence-electron chi connectivity index (χ3n) is 3.60. The van der Waals surface area contributed by atoms with Gasteiger partial charge in [0.05, 0.1) is 21.7 Å². The monoisotopic (exact) mass is 404 g/mol. The van der Waals surface area contributed by atoms with Crippen molar-refractivity contribution in [3.05, 3.63) is 54.1 Å². The fraction of sp³-hybridized carbons (Fsp3) is 0.118. The number of aromatic nitrogens is 2. The Morgan fingerprint density at radius 3 is 2.48 bits per heavy atom. The average molecular weight is 404 g/mol. The topological polar surface area (TPSA) is 121 Å². The number of nitrogens with zero attached hydrogens (tertiary/aromatic N) is 1. The van der Waals surface area contributed by atoms with Crippen molar-refractivity contribution in [1.29, 1.82) is 0 Å². The van der Waals surface area contributed by atoms with E-state index in [1.54, 1.807) is 0 Å². The molecule has 2 aromatic carbocycles. The summed E-state index contributed by atoms with van der Waals surface area (Å²) in [5.41, 5.74) is 4.20. The zero-order chi connectivity index (χ0) is 19.4. The number of thioether (sulfide) groups is 1. The normalized spacial score (nSPS) is 11.4. The molecule has 140 valence electrons. The van der Waals surface area contributed by atoms with E-state index in [-0.39, 0.29) is 16.4 Å². The van der Waals surface area contributed by atoms with Crippen molar-refractivity contribution in [2.24, 2.45) is 0 Å². The van der Waals surface area contributed by atoms with Crippen molar-refractivity contribution in [3.63, 3.8) is 0 Å². The van der Waals surface area contributed by atoms with E-state index in [0.29, 0.717) is 10.7 Å². The van der Waals surface area contributed by atoms with Crippen LogP contribution in [0.4, 0.5) is 0 Å². The van der Waals surface area contributed by atoms with Gasteiger partial charge in [-0.2, -0.15) is 0 Å². The van der Waals surface area contributed by atoms with Gasteiger partial charge in [0.2, 0.25) is 5.91 Å². The second kappa shape index (κ2) is 7.91. The van der Waals surface area contributed by atoms with Crippen LogP contribution in [0, 0.1) is 0 Å². The van der Waals surface area contributed by atoms with Crippen molar-refractivity contribution >= 4 is 44.5 Å². The molecule has 3 N–H and O–H groups in total. The molecule has 0 unspecified atom stereocenters. The molecular weight excluding hydrogens is 388 g/mol. The average Bonchev–Trinajstić information content (AvgIpc) is 3.08. The van der Waals surface area contributed by atoms with Crippen LogP contribution in [-0.2, 0) is 14.8 Å². The molecule has 0 atom stereocenters. The minimum absolute atomic E-state index is 0.0222. The van der Waals surface area contributed by atoms with Crippen LogP contribution >= 0.6 is 11.8 Å². The Morgan fingerprint density at radius 1 is 1.11 bits per heavy atom. The van der Waals surface area contributed by atoms with E-state index in [1.165, 1.54) is 31.2 Å². The lowest BCUT2D eigenvalue weighted by atomic mass is 10.2. The molecule has 0 aliphatic heterocycles. The Hall–Kier alpha value is -2.69. The van der Waals surface area contributed by atoms with Gasteiger partial charge in [-0.1, -0.05) is 36.0 Å². The number of Topliss-reactive ketones (excluding diaryl/α,β-unsaturated/α-hetero) is 1. The lowest BCUT2D eigenvalue weighted by molar-refractivity contribution is -0.119. The van der Waals surface area contributed by atoms with Gasteiger partial charge in [-0.05, 0) is 31.2 Å². The maximum atomic E-state index is 12.2. The fourth-order valence-corrected chi connectivity index (χ4v) is 3.77. The first-order valence-corrected chi connectivity index (χ1v) is 10.3. The molecule has 0 bridgehead atoms. The van der Waals surface area contributed by atoms with E-state index in [0.717, 1.165) is 22.8 Å². The Labute approximate surface area is 159 Å². The van der Waals surface area contributed by atoms with Crippen LogP contribution in [0.3, 0.4) is 0 Å². The summed E-state index contributed by atoms with van der Waals surface area (Å²) >= 11 is 1.15. The molecule has 0 radical (unpaired) electrons. The summed E-state index contributed by atoms with van der Waals surface area (Å²) in [5, 5.41) is 0.564. The number of rotatable bonds is 7. The van der Waals surface area contributed by atoms with Crippen LogP contribution in [-0.4, -0.2) is 35.8 Å². The summed E-state index contributed by atoms with van der Waals surface area (Å²) in [6.07, 6.45) is 0. The number of para-hydroxylation sites is 2. The molecular formula is C17H16N4O4S2. The predicted octanol–water partition coefficient (Wildman–Crippen LogP) is 1.87. The van der Waals surface area contributed by atoms with E-state index in [1.807, 2.05) is 29.1 Å². The zero-order valence-corrected chi connectivity index (χ0v) is 15.9. The molecule has 0 saturated carbocycles. The number of imidazole rings is 1. The predicted molar refractivity (Wildman–Crippen MR) is 102 cm³/mol. The van der Waals surface area contributed by atoms with Crippen LogP contribution in [0.2, 0.25) is 0 Å². The van der Waals surface area contributed by atoms with Crippen molar-refractivity contribution in [2.75, 3.05) is 5.75 Å². The summed E-state index contributed by atoms with van der Waals surface area (Å²) in [7, 11) is -3.93. The molecule has 0 aliphatic carbocycles. The lowest BCUT2D eigenvalue weighted by Gasteiger charge is -2.08. The van der Waals surface area contributed by atoms with Crippen molar-refractivity contribution in [3.8, 4) is 0 Å². The van der Waals surface area contributed by atoms with Crippen LogP contribution < -0.4 is 10.3 Å². The number of hydrogen-bond acceptors (Lipinski definition) is 6. The largest absolute Gasteiger partial charge is 0.333 e. The Kier molecular flexibility index (Phi) is 5.59. The van der Waals surface area contributed by atoms with Gasteiger partial charge in [0.1, 0.15) is 0 Å². The summed E-state index contributed by atoms with van der Waals surface area (Å²) in [5.74, 6) is -0.710. The van der Waals surface area contributed by atoms with Gasteiger partial charge >= 0.3 is 0 Å². The molecule has 0 saturated heterocycles. The second-order valence-electron chi connectivity index (χ2n) is 5.58. The van der Waals surface area contributed by atoms with Crippen molar-refractivity contribution in [2.45, 2.75) is 17.0 Å². The molecule has 27 heavy (non-hydrogen) atoms. The number of ketones is 1. The molecule has 3 rings (SSSR count). The first-order valence-electron chi connectivity index (χ1n) is 7.84. The second-order valence-corrected chi connectivity index (χ2v) is 8.23. The molecule has 0 spiro atoms. The molecule has 0 aliphatic rings. The Morgan fingerprint density at radius 2 is 1.81 bits per heavy atom. The summed E-state index contributed by atoms with van der Waals surface area (Å²) in [6.45, 7) is 1.39. The molecule has 0 fully saturated rings. The maximum absolute atomic E-state index is 12.2. The molecule has 1 heterocycles. The number of aromatic amines is 1. The minimum atomic E-state index is -3.93. The molecule has 1 amide bonds. The maximum Gasteiger partial charge on any atom is 0.257 e.